The third-order valence-electron chi connectivity index (χ3n) is 4.89. The minimum Gasteiger partial charge on any atom is -0.369 e. The Morgan fingerprint density at radius 1 is 1.30 bits per heavy atom. The Bertz CT molecular complexity index is 722. The average molecular weight is 313 g/mol. The lowest BCUT2D eigenvalue weighted by Gasteiger charge is -2.37. The van der Waals surface area contributed by atoms with E-state index in [9.17, 15) is 9.59 Å². The number of nitrogens with one attached hydrogen (secondary N) is 1. The van der Waals surface area contributed by atoms with Crippen LogP contribution >= 0.6 is 0 Å². The third kappa shape index (κ3) is 3.23. The second kappa shape index (κ2) is 6.44. The van der Waals surface area contributed by atoms with Gasteiger partial charge in [-0.1, -0.05) is 18.2 Å². The van der Waals surface area contributed by atoms with Crippen molar-refractivity contribution in [3.8, 4) is 0 Å². The highest BCUT2D eigenvalue weighted by Crippen LogP contribution is 2.24. The number of H-pyrrole nitrogens is 1. The first-order valence-corrected chi connectivity index (χ1v) is 8.20. The van der Waals surface area contributed by atoms with Crippen molar-refractivity contribution >= 4 is 22.7 Å². The van der Waals surface area contributed by atoms with Gasteiger partial charge in [-0.2, -0.15) is 0 Å². The number of amides is 2. The summed E-state index contributed by atoms with van der Waals surface area (Å²) in [4.78, 5) is 29.0. The molecule has 0 spiro atoms. The molecule has 1 aliphatic heterocycles. The van der Waals surface area contributed by atoms with Crippen molar-refractivity contribution in [1.82, 2.24) is 9.88 Å². The van der Waals surface area contributed by atoms with Gasteiger partial charge in [-0.25, -0.2) is 0 Å². The van der Waals surface area contributed by atoms with Crippen LogP contribution in [0.2, 0.25) is 0 Å². The van der Waals surface area contributed by atoms with Crippen molar-refractivity contribution in [2.45, 2.75) is 38.6 Å². The Hall–Kier alpha value is -2.30. The number of carbonyl (C=O) groups is 2. The van der Waals surface area contributed by atoms with Gasteiger partial charge in [-0.05, 0) is 37.8 Å². The van der Waals surface area contributed by atoms with E-state index in [4.69, 9.17) is 5.73 Å². The number of likely N-dealkylation sites (tertiary alicyclic amines) is 1. The summed E-state index contributed by atoms with van der Waals surface area (Å²) in [7, 11) is 0. The fraction of sp³-hybridized carbons (Fsp3) is 0.444. The van der Waals surface area contributed by atoms with E-state index in [0.717, 1.165) is 23.9 Å². The zero-order valence-corrected chi connectivity index (χ0v) is 13.4. The predicted octanol–water partition coefficient (Wildman–Crippen LogP) is 2.21. The van der Waals surface area contributed by atoms with Gasteiger partial charge in [0.05, 0.1) is 5.92 Å². The molecule has 1 aromatic carbocycles. The molecule has 23 heavy (non-hydrogen) atoms. The van der Waals surface area contributed by atoms with Crippen LogP contribution in [0.15, 0.2) is 30.5 Å². The number of hydrogen-bond donors (Lipinski definition) is 2. The lowest BCUT2D eigenvalue weighted by Crippen LogP contribution is -2.48. The first kappa shape index (κ1) is 15.6. The molecule has 122 valence electrons. The molecule has 3 rings (SSSR count). The summed E-state index contributed by atoms with van der Waals surface area (Å²) >= 11 is 0. The number of aryl methyl sites for hydroxylation is 1. The van der Waals surface area contributed by atoms with E-state index >= 15 is 0 Å². The number of nitrogens with zero attached hydrogens (tertiary/aromatic N) is 1. The van der Waals surface area contributed by atoms with E-state index in [1.165, 1.54) is 5.39 Å². The summed E-state index contributed by atoms with van der Waals surface area (Å²) in [6.45, 7) is 2.50. The zero-order chi connectivity index (χ0) is 16.4. The number of carbonyl (C=O) groups excluding carboxylic acids is 2. The molecule has 0 saturated carbocycles. The van der Waals surface area contributed by atoms with Crippen molar-refractivity contribution in [3.63, 3.8) is 0 Å². The molecule has 3 N–H and O–H groups in total. The quantitative estimate of drug-likeness (QED) is 0.907. The lowest BCUT2D eigenvalue weighted by atomic mass is 9.92. The third-order valence-corrected chi connectivity index (χ3v) is 4.89. The van der Waals surface area contributed by atoms with E-state index < -0.39 is 0 Å². The highest BCUT2D eigenvalue weighted by molar-refractivity contribution is 5.84. The Morgan fingerprint density at radius 3 is 2.87 bits per heavy atom. The van der Waals surface area contributed by atoms with Crippen molar-refractivity contribution in [3.05, 3.63) is 36.0 Å². The predicted molar refractivity (Wildman–Crippen MR) is 89.7 cm³/mol. The Balaban J connectivity index is 1.65. The van der Waals surface area contributed by atoms with Crippen LogP contribution in [0.25, 0.3) is 10.9 Å². The molecule has 1 saturated heterocycles. The summed E-state index contributed by atoms with van der Waals surface area (Å²) < 4.78 is 0. The van der Waals surface area contributed by atoms with Gasteiger partial charge in [-0.3, -0.25) is 9.59 Å². The first-order valence-electron chi connectivity index (χ1n) is 8.20. The number of rotatable bonds is 4. The summed E-state index contributed by atoms with van der Waals surface area (Å²) in [5, 5.41) is 1.17. The molecular formula is C18H23N3O2. The average Bonchev–Trinajstić information content (AvgIpc) is 2.96. The van der Waals surface area contributed by atoms with E-state index in [1.807, 2.05) is 36.2 Å². The second-order valence-corrected chi connectivity index (χ2v) is 6.43. The molecule has 0 radical (unpaired) electrons. The Morgan fingerprint density at radius 2 is 2.09 bits per heavy atom. The van der Waals surface area contributed by atoms with Crippen LogP contribution < -0.4 is 5.73 Å². The van der Waals surface area contributed by atoms with Crippen LogP contribution in [0.3, 0.4) is 0 Å². The summed E-state index contributed by atoms with van der Waals surface area (Å²) in [5.41, 5.74) is 7.66. The number of para-hydroxylation sites is 1. The molecule has 2 heterocycles. The van der Waals surface area contributed by atoms with Crippen LogP contribution in [-0.2, 0) is 16.0 Å². The van der Waals surface area contributed by atoms with Crippen LogP contribution in [0.4, 0.5) is 0 Å². The van der Waals surface area contributed by atoms with Crippen molar-refractivity contribution in [2.75, 3.05) is 6.54 Å². The van der Waals surface area contributed by atoms with Crippen LogP contribution in [-0.4, -0.2) is 34.3 Å². The number of hydrogen-bond acceptors (Lipinski definition) is 2. The number of benzene rings is 1. The Labute approximate surface area is 135 Å². The van der Waals surface area contributed by atoms with Crippen molar-refractivity contribution in [1.29, 1.82) is 0 Å². The topological polar surface area (TPSA) is 79.2 Å². The molecule has 2 atom stereocenters. The second-order valence-electron chi connectivity index (χ2n) is 6.43. The molecule has 2 amide bonds. The maximum Gasteiger partial charge on any atom is 0.223 e. The fourth-order valence-electron chi connectivity index (χ4n) is 3.41. The standard InChI is InChI=1S/C18H23N3O2/c1-12-6-7-14(18(19)23)11-21(12)17(22)9-8-13-10-20-16-5-3-2-4-15(13)16/h2-5,10,12,14,20H,6-9,11H2,1H3,(H2,19,23)/t12-,14-/m1/s1. The summed E-state index contributed by atoms with van der Waals surface area (Å²) in [5.74, 6) is -0.400. The summed E-state index contributed by atoms with van der Waals surface area (Å²) in [6, 6.07) is 8.28. The van der Waals surface area contributed by atoms with Gasteiger partial charge in [0, 0.05) is 36.1 Å². The van der Waals surface area contributed by atoms with Gasteiger partial charge in [0.25, 0.3) is 0 Å². The maximum absolute atomic E-state index is 12.6. The molecule has 1 aliphatic rings. The van der Waals surface area contributed by atoms with E-state index in [2.05, 4.69) is 11.1 Å². The number of nitrogens with two attached hydrogens (primary N) is 1. The molecule has 0 aliphatic carbocycles. The number of piperidine rings is 1. The molecule has 5 heteroatoms. The van der Waals surface area contributed by atoms with Gasteiger partial charge in [0.15, 0.2) is 0 Å². The normalized spacial score (nSPS) is 21.5. The highest BCUT2D eigenvalue weighted by Gasteiger charge is 2.31. The van der Waals surface area contributed by atoms with E-state index in [0.29, 0.717) is 19.4 Å². The number of aromatic nitrogens is 1. The SMILES string of the molecule is C[C@@H]1CC[C@@H](C(N)=O)CN1C(=O)CCc1c[nH]c2ccccc12. The van der Waals surface area contributed by atoms with Crippen LogP contribution in [0.5, 0.6) is 0 Å². The van der Waals surface area contributed by atoms with Crippen LogP contribution in [0, 0.1) is 5.92 Å². The van der Waals surface area contributed by atoms with Gasteiger partial charge < -0.3 is 15.6 Å². The fourth-order valence-corrected chi connectivity index (χ4v) is 3.41. The Kier molecular flexibility index (Phi) is 4.37. The molecule has 1 aromatic heterocycles. The van der Waals surface area contributed by atoms with E-state index in [1.54, 1.807) is 0 Å². The van der Waals surface area contributed by atoms with Gasteiger partial charge in [0.1, 0.15) is 0 Å². The van der Waals surface area contributed by atoms with Crippen LogP contribution in [0.1, 0.15) is 31.7 Å². The number of fused-ring (bicyclic) bond motifs is 1. The zero-order valence-electron chi connectivity index (χ0n) is 13.4. The van der Waals surface area contributed by atoms with Gasteiger partial charge >= 0.3 is 0 Å². The maximum atomic E-state index is 12.6. The van der Waals surface area contributed by atoms with Gasteiger partial charge in [0.2, 0.25) is 11.8 Å². The minimum atomic E-state index is -0.300. The molecule has 0 unspecified atom stereocenters. The highest BCUT2D eigenvalue weighted by atomic mass is 16.2. The smallest absolute Gasteiger partial charge is 0.223 e. The monoisotopic (exact) mass is 313 g/mol. The molecular weight excluding hydrogens is 290 g/mol. The van der Waals surface area contributed by atoms with Gasteiger partial charge in [-0.15, -0.1) is 0 Å². The lowest BCUT2D eigenvalue weighted by molar-refractivity contribution is -0.137. The molecule has 0 bridgehead atoms. The van der Waals surface area contributed by atoms with E-state index in [-0.39, 0.29) is 23.8 Å². The summed E-state index contributed by atoms with van der Waals surface area (Å²) in [6.07, 6.45) is 4.75. The first-order chi connectivity index (χ1) is 11.1. The number of aromatic amines is 1. The van der Waals surface area contributed by atoms with Crippen molar-refractivity contribution in [2.24, 2.45) is 11.7 Å². The molecule has 2 aromatic rings. The van der Waals surface area contributed by atoms with Crippen molar-refractivity contribution < 1.29 is 9.59 Å². The molecule has 1 fully saturated rings. The largest absolute Gasteiger partial charge is 0.369 e. The minimum absolute atomic E-state index is 0.105. The molecule has 5 nitrogen and oxygen atoms in total. The number of primary amides is 1.